The summed E-state index contributed by atoms with van der Waals surface area (Å²) in [6, 6.07) is 7.60. The van der Waals surface area contributed by atoms with Gasteiger partial charge in [-0.25, -0.2) is 0 Å². The van der Waals surface area contributed by atoms with Crippen LogP contribution in [-0.4, -0.2) is 20.0 Å². The summed E-state index contributed by atoms with van der Waals surface area (Å²) in [6.07, 6.45) is 0. The van der Waals surface area contributed by atoms with Crippen LogP contribution in [0.25, 0.3) is 0 Å². The Morgan fingerprint density at radius 1 is 1.08 bits per heavy atom. The number of hydrogen-bond acceptors (Lipinski definition) is 4. The standard InChI is InChI=1S/C20H22O4/c1-11(2)14-7-6-12(3)18-19(21)15-9-17(23-5)16(22-4)8-13(15)10-24-20(14)18/h6-9,11H,10H2,1-5H3. The first-order valence-electron chi connectivity index (χ1n) is 8.03. The molecule has 0 aromatic heterocycles. The summed E-state index contributed by atoms with van der Waals surface area (Å²) in [7, 11) is 3.15. The van der Waals surface area contributed by atoms with Gasteiger partial charge in [-0.2, -0.15) is 0 Å². The third kappa shape index (κ3) is 2.52. The topological polar surface area (TPSA) is 44.8 Å². The summed E-state index contributed by atoms with van der Waals surface area (Å²) in [5, 5.41) is 0. The predicted molar refractivity (Wildman–Crippen MR) is 92.6 cm³/mol. The number of rotatable bonds is 3. The zero-order chi connectivity index (χ0) is 17.4. The number of carbonyl (C=O) groups is 1. The van der Waals surface area contributed by atoms with Crippen LogP contribution < -0.4 is 14.2 Å². The van der Waals surface area contributed by atoms with E-state index in [1.807, 2.05) is 25.1 Å². The van der Waals surface area contributed by atoms with Gasteiger partial charge < -0.3 is 14.2 Å². The lowest BCUT2D eigenvalue weighted by Gasteiger charge is -2.16. The third-order valence-corrected chi connectivity index (χ3v) is 4.47. The molecule has 0 N–H and O–H groups in total. The second-order valence-electron chi connectivity index (χ2n) is 6.31. The number of hydrogen-bond donors (Lipinski definition) is 0. The van der Waals surface area contributed by atoms with Crippen molar-refractivity contribution >= 4 is 5.78 Å². The molecule has 24 heavy (non-hydrogen) atoms. The van der Waals surface area contributed by atoms with Crippen LogP contribution in [0.3, 0.4) is 0 Å². The maximum Gasteiger partial charge on any atom is 0.197 e. The SMILES string of the molecule is COc1cc2c(cc1OC)C(=O)c1c(C)ccc(C(C)C)c1OC2. The largest absolute Gasteiger partial charge is 0.493 e. The highest BCUT2D eigenvalue weighted by atomic mass is 16.5. The molecule has 1 aliphatic heterocycles. The van der Waals surface area contributed by atoms with Crippen LogP contribution in [0.5, 0.6) is 17.2 Å². The van der Waals surface area contributed by atoms with Gasteiger partial charge >= 0.3 is 0 Å². The molecule has 1 heterocycles. The smallest absolute Gasteiger partial charge is 0.197 e. The van der Waals surface area contributed by atoms with Gasteiger partial charge in [0.25, 0.3) is 0 Å². The molecule has 0 unspecified atom stereocenters. The van der Waals surface area contributed by atoms with Gasteiger partial charge in [-0.1, -0.05) is 26.0 Å². The molecule has 0 saturated heterocycles. The van der Waals surface area contributed by atoms with E-state index < -0.39 is 0 Å². The number of carbonyl (C=O) groups excluding carboxylic acids is 1. The molecule has 0 atom stereocenters. The molecule has 126 valence electrons. The summed E-state index contributed by atoms with van der Waals surface area (Å²) in [5.74, 6) is 2.09. The second-order valence-corrected chi connectivity index (χ2v) is 6.31. The molecule has 0 spiro atoms. The summed E-state index contributed by atoms with van der Waals surface area (Å²) in [5.41, 5.74) is 4.03. The molecular formula is C20H22O4. The average molecular weight is 326 g/mol. The fourth-order valence-electron chi connectivity index (χ4n) is 3.13. The Labute approximate surface area is 142 Å². The lowest BCUT2D eigenvalue weighted by Crippen LogP contribution is -2.07. The van der Waals surface area contributed by atoms with Crippen LogP contribution >= 0.6 is 0 Å². The Bertz CT molecular complexity index is 806. The monoisotopic (exact) mass is 326 g/mol. The Hall–Kier alpha value is -2.49. The van der Waals surface area contributed by atoms with Crippen molar-refractivity contribution in [3.63, 3.8) is 0 Å². The number of fused-ring (bicyclic) bond motifs is 2. The lowest BCUT2D eigenvalue weighted by molar-refractivity contribution is 0.103. The fraction of sp³-hybridized carbons (Fsp3) is 0.350. The number of aryl methyl sites for hydroxylation is 1. The van der Waals surface area contributed by atoms with Crippen LogP contribution in [0, 0.1) is 6.92 Å². The highest BCUT2D eigenvalue weighted by Crippen LogP contribution is 2.40. The van der Waals surface area contributed by atoms with Gasteiger partial charge in [0.05, 0.1) is 19.8 Å². The highest BCUT2D eigenvalue weighted by Gasteiger charge is 2.28. The van der Waals surface area contributed by atoms with Gasteiger partial charge in [-0.3, -0.25) is 4.79 Å². The molecule has 0 radical (unpaired) electrons. The van der Waals surface area contributed by atoms with E-state index in [4.69, 9.17) is 14.2 Å². The number of benzene rings is 2. The second kappa shape index (κ2) is 6.19. The van der Waals surface area contributed by atoms with Crippen molar-refractivity contribution < 1.29 is 19.0 Å². The van der Waals surface area contributed by atoms with E-state index in [2.05, 4.69) is 13.8 Å². The number of ketones is 1. The van der Waals surface area contributed by atoms with Gasteiger partial charge in [0.15, 0.2) is 17.3 Å². The van der Waals surface area contributed by atoms with E-state index in [9.17, 15) is 4.79 Å². The maximum atomic E-state index is 13.2. The van der Waals surface area contributed by atoms with Gasteiger partial charge in [-0.05, 0) is 36.1 Å². The van der Waals surface area contributed by atoms with Gasteiger partial charge in [0, 0.05) is 11.1 Å². The minimum atomic E-state index is -0.0292. The number of ether oxygens (including phenoxy) is 3. The van der Waals surface area contributed by atoms with E-state index >= 15 is 0 Å². The molecule has 0 bridgehead atoms. The molecule has 0 aliphatic carbocycles. The van der Waals surface area contributed by atoms with E-state index in [-0.39, 0.29) is 11.7 Å². The van der Waals surface area contributed by atoms with Crippen LogP contribution in [0.4, 0.5) is 0 Å². The Kier molecular flexibility index (Phi) is 4.22. The molecule has 2 aromatic carbocycles. The molecule has 0 amide bonds. The van der Waals surface area contributed by atoms with Crippen molar-refractivity contribution in [2.24, 2.45) is 0 Å². The average Bonchev–Trinajstić information content (AvgIpc) is 2.71. The highest BCUT2D eigenvalue weighted by molar-refractivity contribution is 6.13. The third-order valence-electron chi connectivity index (χ3n) is 4.47. The molecule has 4 heteroatoms. The van der Waals surface area contributed by atoms with Crippen LogP contribution in [0.15, 0.2) is 24.3 Å². The molecule has 2 aromatic rings. The van der Waals surface area contributed by atoms with E-state index in [0.717, 1.165) is 16.7 Å². The van der Waals surface area contributed by atoms with Gasteiger partial charge in [0.1, 0.15) is 12.4 Å². The minimum Gasteiger partial charge on any atom is -0.493 e. The molecular weight excluding hydrogens is 304 g/mol. The summed E-state index contributed by atoms with van der Waals surface area (Å²) in [6.45, 7) is 6.47. The fourth-order valence-corrected chi connectivity index (χ4v) is 3.13. The van der Waals surface area contributed by atoms with Crippen molar-refractivity contribution in [2.45, 2.75) is 33.3 Å². The Morgan fingerprint density at radius 3 is 2.38 bits per heavy atom. The van der Waals surface area contributed by atoms with Gasteiger partial charge in [-0.15, -0.1) is 0 Å². The first-order valence-corrected chi connectivity index (χ1v) is 8.03. The lowest BCUT2D eigenvalue weighted by atomic mass is 9.91. The van der Waals surface area contributed by atoms with Crippen molar-refractivity contribution in [3.05, 3.63) is 52.1 Å². The Balaban J connectivity index is 2.23. The van der Waals surface area contributed by atoms with E-state index in [1.54, 1.807) is 20.3 Å². The summed E-state index contributed by atoms with van der Waals surface area (Å²) >= 11 is 0. The molecule has 4 nitrogen and oxygen atoms in total. The molecule has 0 saturated carbocycles. The van der Waals surface area contributed by atoms with E-state index in [1.165, 1.54) is 0 Å². The van der Waals surface area contributed by atoms with E-state index in [0.29, 0.717) is 35.0 Å². The van der Waals surface area contributed by atoms with Crippen LogP contribution in [-0.2, 0) is 6.61 Å². The number of methoxy groups -OCH3 is 2. The van der Waals surface area contributed by atoms with Gasteiger partial charge in [0.2, 0.25) is 0 Å². The molecule has 0 fully saturated rings. The summed E-state index contributed by atoms with van der Waals surface area (Å²) < 4.78 is 16.8. The van der Waals surface area contributed by atoms with Crippen LogP contribution in [0.1, 0.15) is 52.4 Å². The van der Waals surface area contributed by atoms with Crippen molar-refractivity contribution in [1.82, 2.24) is 0 Å². The van der Waals surface area contributed by atoms with Crippen molar-refractivity contribution in [1.29, 1.82) is 0 Å². The normalized spacial score (nSPS) is 13.0. The van der Waals surface area contributed by atoms with Crippen molar-refractivity contribution in [2.75, 3.05) is 14.2 Å². The molecule has 3 rings (SSSR count). The zero-order valence-corrected chi connectivity index (χ0v) is 14.7. The first kappa shape index (κ1) is 16.4. The minimum absolute atomic E-state index is 0.0292. The maximum absolute atomic E-state index is 13.2. The van der Waals surface area contributed by atoms with Crippen LogP contribution in [0.2, 0.25) is 0 Å². The predicted octanol–water partition coefficient (Wildman–Crippen LogP) is 4.26. The first-order chi connectivity index (χ1) is 11.5. The summed E-state index contributed by atoms with van der Waals surface area (Å²) in [4.78, 5) is 13.2. The van der Waals surface area contributed by atoms with Crippen molar-refractivity contribution in [3.8, 4) is 17.2 Å². The quantitative estimate of drug-likeness (QED) is 0.845. The molecule has 1 aliphatic rings. The Morgan fingerprint density at radius 2 is 1.75 bits per heavy atom. The zero-order valence-electron chi connectivity index (χ0n) is 14.7.